The highest BCUT2D eigenvalue weighted by Gasteiger charge is 2.32. The second-order valence-electron chi connectivity index (χ2n) is 7.94. The van der Waals surface area contributed by atoms with E-state index < -0.39 is 0 Å². The van der Waals surface area contributed by atoms with Gasteiger partial charge in [-0.2, -0.15) is 0 Å². The molecule has 3 aliphatic heterocycles. The lowest BCUT2D eigenvalue weighted by Gasteiger charge is -2.34. The Labute approximate surface area is 175 Å². The Morgan fingerprint density at radius 1 is 1.23 bits per heavy atom. The molecular formula is C21H26N6O3. The topological polar surface area (TPSA) is 91.9 Å². The molecule has 9 heteroatoms. The predicted octanol–water partition coefficient (Wildman–Crippen LogP) is 1.35. The quantitative estimate of drug-likeness (QED) is 0.781. The van der Waals surface area contributed by atoms with Crippen molar-refractivity contribution in [1.82, 2.24) is 20.2 Å². The third-order valence-corrected chi connectivity index (χ3v) is 5.91. The van der Waals surface area contributed by atoms with Crippen LogP contribution in [0.1, 0.15) is 24.0 Å². The number of carbonyl (C=O) groups is 1. The lowest BCUT2D eigenvalue weighted by Crippen LogP contribution is -2.49. The number of nitrogens with zero attached hydrogens (tertiary/aromatic N) is 4. The molecule has 158 valence electrons. The molecule has 4 heterocycles. The minimum absolute atomic E-state index is 0.130. The third-order valence-electron chi connectivity index (χ3n) is 5.91. The van der Waals surface area contributed by atoms with Crippen LogP contribution in [0, 0.1) is 0 Å². The first-order valence-corrected chi connectivity index (χ1v) is 10.4. The Morgan fingerprint density at radius 2 is 2.13 bits per heavy atom. The number of anilines is 2. The van der Waals surface area contributed by atoms with Gasteiger partial charge < -0.3 is 29.9 Å². The highest BCUT2D eigenvalue weighted by molar-refractivity contribution is 5.84. The van der Waals surface area contributed by atoms with Gasteiger partial charge in [0.2, 0.25) is 12.7 Å². The van der Waals surface area contributed by atoms with Crippen molar-refractivity contribution in [3.63, 3.8) is 0 Å². The predicted molar refractivity (Wildman–Crippen MR) is 112 cm³/mol. The third kappa shape index (κ3) is 3.60. The van der Waals surface area contributed by atoms with Gasteiger partial charge in [-0.1, -0.05) is 6.07 Å². The van der Waals surface area contributed by atoms with Crippen molar-refractivity contribution in [2.75, 3.05) is 43.7 Å². The van der Waals surface area contributed by atoms with Crippen LogP contribution >= 0.6 is 0 Å². The maximum absolute atomic E-state index is 13.0. The van der Waals surface area contributed by atoms with Gasteiger partial charge in [0.15, 0.2) is 11.5 Å². The number of piperidine rings is 1. The standard InChI is InChI=1S/C21H26N6O3/c1-26-11-19(28)27(15-3-2-6-22-9-15)10-16-20(24-12-25-21(16)26)23-8-14-4-5-17-18(7-14)30-13-29-17/h4-5,7,12,15,22H,2-3,6,8-11,13H2,1H3,(H,23,24,25). The molecule has 1 aromatic carbocycles. The molecule has 0 bridgehead atoms. The molecular weight excluding hydrogens is 384 g/mol. The summed E-state index contributed by atoms with van der Waals surface area (Å²) in [6, 6.07) is 6.11. The van der Waals surface area contributed by atoms with E-state index in [4.69, 9.17) is 9.47 Å². The van der Waals surface area contributed by atoms with Crippen molar-refractivity contribution >= 4 is 17.5 Å². The SMILES string of the molecule is CN1CC(=O)N(C2CCCNC2)Cc2c(NCc3ccc4c(c3)OCO4)ncnc21. The summed E-state index contributed by atoms with van der Waals surface area (Å²) < 4.78 is 10.9. The molecule has 0 spiro atoms. The number of hydrogen-bond acceptors (Lipinski definition) is 8. The summed E-state index contributed by atoms with van der Waals surface area (Å²) >= 11 is 0. The smallest absolute Gasteiger partial charge is 0.242 e. The Bertz CT molecular complexity index is 946. The minimum atomic E-state index is 0.130. The van der Waals surface area contributed by atoms with Gasteiger partial charge >= 0.3 is 0 Å². The Balaban J connectivity index is 1.39. The molecule has 3 aliphatic rings. The highest BCUT2D eigenvalue weighted by Crippen LogP contribution is 2.33. The van der Waals surface area contributed by atoms with Crippen molar-refractivity contribution < 1.29 is 14.3 Å². The van der Waals surface area contributed by atoms with E-state index in [2.05, 4.69) is 20.6 Å². The molecule has 0 aliphatic carbocycles. The number of benzene rings is 1. The van der Waals surface area contributed by atoms with Crippen LogP contribution in [0.5, 0.6) is 11.5 Å². The molecule has 0 radical (unpaired) electrons. The number of hydrogen-bond donors (Lipinski definition) is 2. The molecule has 2 N–H and O–H groups in total. The largest absolute Gasteiger partial charge is 0.454 e. The van der Waals surface area contributed by atoms with Crippen molar-refractivity contribution in [3.05, 3.63) is 35.7 Å². The van der Waals surface area contributed by atoms with E-state index in [0.717, 1.165) is 60.2 Å². The molecule has 1 atom stereocenters. The molecule has 9 nitrogen and oxygen atoms in total. The van der Waals surface area contributed by atoms with Crippen molar-refractivity contribution in [2.45, 2.75) is 32.0 Å². The fourth-order valence-electron chi connectivity index (χ4n) is 4.33. The zero-order chi connectivity index (χ0) is 20.5. The van der Waals surface area contributed by atoms with E-state index in [1.807, 2.05) is 35.0 Å². The van der Waals surface area contributed by atoms with Crippen LogP contribution in [0.15, 0.2) is 24.5 Å². The van der Waals surface area contributed by atoms with Crippen LogP contribution < -0.4 is 25.0 Å². The number of fused-ring (bicyclic) bond motifs is 2. The number of likely N-dealkylation sites (N-methyl/N-ethyl adjacent to an activating group) is 1. The first kappa shape index (κ1) is 18.9. The van der Waals surface area contributed by atoms with E-state index >= 15 is 0 Å². The van der Waals surface area contributed by atoms with E-state index in [9.17, 15) is 4.79 Å². The van der Waals surface area contributed by atoms with E-state index in [1.54, 1.807) is 6.33 Å². The van der Waals surface area contributed by atoms with Crippen LogP contribution in [-0.2, 0) is 17.9 Å². The maximum Gasteiger partial charge on any atom is 0.242 e. The van der Waals surface area contributed by atoms with E-state index in [1.165, 1.54) is 0 Å². The number of nitrogens with one attached hydrogen (secondary N) is 2. The molecule has 1 aromatic heterocycles. The normalized spacial score (nSPS) is 20.7. The number of carbonyl (C=O) groups excluding carboxylic acids is 1. The van der Waals surface area contributed by atoms with Crippen LogP contribution in [0.3, 0.4) is 0 Å². The monoisotopic (exact) mass is 410 g/mol. The fraction of sp³-hybridized carbons (Fsp3) is 0.476. The molecule has 1 unspecified atom stereocenters. The molecule has 1 fully saturated rings. The lowest BCUT2D eigenvalue weighted by atomic mass is 10.0. The van der Waals surface area contributed by atoms with Crippen LogP contribution in [0.4, 0.5) is 11.6 Å². The van der Waals surface area contributed by atoms with E-state index in [-0.39, 0.29) is 18.7 Å². The second kappa shape index (κ2) is 7.98. The highest BCUT2D eigenvalue weighted by atomic mass is 16.7. The Morgan fingerprint density at radius 3 is 3.00 bits per heavy atom. The zero-order valence-corrected chi connectivity index (χ0v) is 17.1. The Kier molecular flexibility index (Phi) is 5.04. The summed E-state index contributed by atoms with van der Waals surface area (Å²) in [5.41, 5.74) is 2.02. The van der Waals surface area contributed by atoms with Gasteiger partial charge in [0.25, 0.3) is 0 Å². The lowest BCUT2D eigenvalue weighted by molar-refractivity contribution is -0.132. The van der Waals surface area contributed by atoms with Gasteiger partial charge in [0, 0.05) is 26.2 Å². The molecule has 2 aromatic rings. The van der Waals surface area contributed by atoms with Crippen LogP contribution in [0.2, 0.25) is 0 Å². The zero-order valence-electron chi connectivity index (χ0n) is 17.1. The number of amides is 1. The van der Waals surface area contributed by atoms with Gasteiger partial charge in [0.1, 0.15) is 18.0 Å². The van der Waals surface area contributed by atoms with Crippen molar-refractivity contribution in [3.8, 4) is 11.5 Å². The van der Waals surface area contributed by atoms with Crippen LogP contribution in [-0.4, -0.2) is 60.3 Å². The second-order valence-corrected chi connectivity index (χ2v) is 7.94. The average molecular weight is 410 g/mol. The van der Waals surface area contributed by atoms with Gasteiger partial charge in [-0.15, -0.1) is 0 Å². The first-order chi connectivity index (χ1) is 14.7. The van der Waals surface area contributed by atoms with Gasteiger partial charge in [-0.3, -0.25) is 4.79 Å². The molecule has 5 rings (SSSR count). The van der Waals surface area contributed by atoms with Crippen molar-refractivity contribution in [2.24, 2.45) is 0 Å². The van der Waals surface area contributed by atoms with Crippen molar-refractivity contribution in [1.29, 1.82) is 0 Å². The summed E-state index contributed by atoms with van der Waals surface area (Å²) in [7, 11) is 1.91. The fourth-order valence-corrected chi connectivity index (χ4v) is 4.33. The number of ether oxygens (including phenoxy) is 2. The van der Waals surface area contributed by atoms with Gasteiger partial charge in [-0.25, -0.2) is 9.97 Å². The summed E-state index contributed by atoms with van der Waals surface area (Å²) in [6.45, 7) is 3.52. The summed E-state index contributed by atoms with van der Waals surface area (Å²) in [5, 5.41) is 6.85. The van der Waals surface area contributed by atoms with Crippen LogP contribution in [0.25, 0.3) is 0 Å². The molecule has 0 saturated carbocycles. The molecule has 1 saturated heterocycles. The minimum Gasteiger partial charge on any atom is -0.454 e. The maximum atomic E-state index is 13.0. The molecule has 30 heavy (non-hydrogen) atoms. The first-order valence-electron chi connectivity index (χ1n) is 10.4. The summed E-state index contributed by atoms with van der Waals surface area (Å²) in [6.07, 6.45) is 3.66. The number of rotatable bonds is 4. The van der Waals surface area contributed by atoms with E-state index in [0.29, 0.717) is 19.6 Å². The molecule has 1 amide bonds. The summed E-state index contributed by atoms with van der Waals surface area (Å²) in [4.78, 5) is 25.8. The number of aromatic nitrogens is 2. The van der Waals surface area contributed by atoms with Gasteiger partial charge in [-0.05, 0) is 37.1 Å². The summed E-state index contributed by atoms with van der Waals surface area (Å²) in [5.74, 6) is 3.22. The average Bonchev–Trinajstić information content (AvgIpc) is 3.19. The Hall–Kier alpha value is -3.07. The van der Waals surface area contributed by atoms with Gasteiger partial charge in [0.05, 0.1) is 18.7 Å².